The van der Waals surface area contributed by atoms with Crippen LogP contribution in [0.4, 0.5) is 0 Å². The van der Waals surface area contributed by atoms with Gasteiger partial charge in [0.15, 0.2) is 0 Å². The van der Waals surface area contributed by atoms with E-state index in [4.69, 9.17) is 0 Å². The lowest BCUT2D eigenvalue weighted by molar-refractivity contribution is 1.03. The van der Waals surface area contributed by atoms with Crippen molar-refractivity contribution in [1.29, 1.82) is 0 Å². The zero-order valence-corrected chi connectivity index (χ0v) is 9.57. The molecule has 0 amide bonds. The molecule has 90 valence electrons. The second-order valence-electron chi connectivity index (χ2n) is 4.09. The molecule has 2 heterocycles. The van der Waals surface area contributed by atoms with Crippen molar-refractivity contribution in [1.82, 2.24) is 19.9 Å². The minimum Gasteiger partial charge on any atom is -0.310 e. The second-order valence-corrected chi connectivity index (χ2v) is 4.09. The molecule has 0 aliphatic carbocycles. The Balaban J connectivity index is 2.24. The summed E-state index contributed by atoms with van der Waals surface area (Å²) in [4.78, 5) is 34.3. The van der Waals surface area contributed by atoms with Crippen molar-refractivity contribution in [2.24, 2.45) is 0 Å². The third-order valence-corrected chi connectivity index (χ3v) is 2.69. The van der Waals surface area contributed by atoms with E-state index in [0.717, 1.165) is 16.8 Å². The van der Waals surface area contributed by atoms with Crippen molar-refractivity contribution in [3.05, 3.63) is 50.9 Å². The lowest BCUT2D eigenvalue weighted by Crippen LogP contribution is -2.11. The van der Waals surface area contributed by atoms with E-state index in [1.807, 2.05) is 6.07 Å². The van der Waals surface area contributed by atoms with Crippen LogP contribution < -0.4 is 11.4 Å². The summed E-state index contributed by atoms with van der Waals surface area (Å²) < 4.78 is 0. The van der Waals surface area contributed by atoms with E-state index < -0.39 is 0 Å². The smallest absolute Gasteiger partial charge is 0.310 e. The van der Waals surface area contributed by atoms with Crippen molar-refractivity contribution in [3.63, 3.8) is 0 Å². The molecule has 0 unspecified atom stereocenters. The van der Waals surface area contributed by atoms with Crippen LogP contribution in [0.25, 0.3) is 22.3 Å². The number of benzene rings is 1. The van der Waals surface area contributed by atoms with Crippen LogP contribution in [0, 0.1) is 6.92 Å². The molecule has 18 heavy (non-hydrogen) atoms. The van der Waals surface area contributed by atoms with Gasteiger partial charge >= 0.3 is 11.4 Å². The van der Waals surface area contributed by atoms with E-state index in [0.29, 0.717) is 11.2 Å². The summed E-state index contributed by atoms with van der Waals surface area (Å²) in [7, 11) is 0. The highest BCUT2D eigenvalue weighted by atomic mass is 16.1. The van der Waals surface area contributed by atoms with E-state index in [2.05, 4.69) is 19.9 Å². The summed E-state index contributed by atoms with van der Waals surface area (Å²) >= 11 is 0. The Kier molecular flexibility index (Phi) is 2.16. The zero-order valence-electron chi connectivity index (χ0n) is 9.57. The van der Waals surface area contributed by atoms with Gasteiger partial charge in [-0.25, -0.2) is 9.59 Å². The molecule has 3 rings (SSSR count). The summed E-state index contributed by atoms with van der Waals surface area (Å²) in [6, 6.07) is 7.16. The number of rotatable bonds is 1. The number of aromatic amines is 3. The molecule has 1 aromatic carbocycles. The average Bonchev–Trinajstić information content (AvgIpc) is 2.66. The molecule has 6 nitrogen and oxygen atoms in total. The van der Waals surface area contributed by atoms with E-state index in [1.54, 1.807) is 25.1 Å². The maximum atomic E-state index is 11.3. The molecule has 0 bridgehead atoms. The first-order valence-electron chi connectivity index (χ1n) is 5.42. The lowest BCUT2D eigenvalue weighted by Gasteiger charge is -2.01. The number of nitrogens with zero attached hydrogens (tertiary/aromatic N) is 1. The topological polar surface area (TPSA) is 94.4 Å². The van der Waals surface area contributed by atoms with Crippen LogP contribution in [0.2, 0.25) is 0 Å². The first kappa shape index (κ1) is 10.5. The summed E-state index contributed by atoms with van der Waals surface area (Å²) in [5, 5.41) is 0. The number of nitrogens with one attached hydrogen (secondary N) is 3. The largest absolute Gasteiger partial charge is 0.345 e. The third-order valence-electron chi connectivity index (χ3n) is 2.69. The number of aromatic nitrogens is 4. The van der Waals surface area contributed by atoms with Crippen LogP contribution in [0.1, 0.15) is 5.69 Å². The number of H-pyrrole nitrogens is 3. The van der Waals surface area contributed by atoms with Crippen molar-refractivity contribution in [2.45, 2.75) is 6.92 Å². The quantitative estimate of drug-likeness (QED) is 0.592. The molecule has 0 saturated carbocycles. The molecule has 0 atom stereocenters. The normalized spacial score (nSPS) is 10.9. The van der Waals surface area contributed by atoms with Crippen LogP contribution in [0.15, 0.2) is 33.9 Å². The Hall–Kier alpha value is -2.63. The summed E-state index contributed by atoms with van der Waals surface area (Å²) in [5.41, 5.74) is 2.90. The first-order valence-corrected chi connectivity index (χ1v) is 5.42. The minimum absolute atomic E-state index is 0.253. The van der Waals surface area contributed by atoms with Crippen molar-refractivity contribution in [3.8, 4) is 11.3 Å². The lowest BCUT2D eigenvalue weighted by atomic mass is 10.1. The highest BCUT2D eigenvalue weighted by Crippen LogP contribution is 2.19. The first-order chi connectivity index (χ1) is 8.61. The molecular weight excluding hydrogens is 232 g/mol. The van der Waals surface area contributed by atoms with E-state index in [1.165, 1.54) is 0 Å². The van der Waals surface area contributed by atoms with E-state index >= 15 is 0 Å². The molecular formula is C12H10N4O2. The van der Waals surface area contributed by atoms with E-state index in [9.17, 15) is 9.59 Å². The minimum atomic E-state index is -0.382. The summed E-state index contributed by atoms with van der Waals surface area (Å²) in [6.07, 6.45) is 0. The van der Waals surface area contributed by atoms with Gasteiger partial charge in [-0.05, 0) is 25.1 Å². The highest BCUT2D eigenvalue weighted by Gasteiger charge is 2.04. The van der Waals surface area contributed by atoms with Gasteiger partial charge in [-0.1, -0.05) is 6.07 Å². The molecule has 0 fully saturated rings. The molecule has 2 aromatic heterocycles. The highest BCUT2D eigenvalue weighted by molar-refractivity contribution is 5.80. The number of fused-ring (bicyclic) bond motifs is 1. The van der Waals surface area contributed by atoms with Crippen LogP contribution in [-0.2, 0) is 0 Å². The van der Waals surface area contributed by atoms with Crippen LogP contribution >= 0.6 is 0 Å². The summed E-state index contributed by atoms with van der Waals surface area (Å²) in [6.45, 7) is 1.79. The molecule has 0 aliphatic heterocycles. The molecule has 3 N–H and O–H groups in total. The molecule has 0 spiro atoms. The van der Waals surface area contributed by atoms with Gasteiger partial charge in [-0.15, -0.1) is 0 Å². The fraction of sp³-hybridized carbons (Fsp3) is 0.0833. The van der Waals surface area contributed by atoms with Crippen molar-refractivity contribution >= 4 is 11.0 Å². The second kappa shape index (κ2) is 3.69. The Morgan fingerprint density at radius 2 is 1.78 bits per heavy atom. The van der Waals surface area contributed by atoms with Crippen LogP contribution in [0.5, 0.6) is 0 Å². The average molecular weight is 242 g/mol. The third kappa shape index (κ3) is 1.73. The van der Waals surface area contributed by atoms with Crippen molar-refractivity contribution in [2.75, 3.05) is 0 Å². The molecule has 0 saturated heterocycles. The SMILES string of the molecule is Cc1cc(-c2ccc3[nH]c(=O)[nH]c3c2)nc(=O)[nH]1. The standard InChI is InChI=1S/C12H10N4O2/c1-6-4-9(15-11(17)13-6)7-2-3-8-10(5-7)16-12(18)14-8/h2-5H,1H3,(H,13,15,17)(H2,14,16,18). The zero-order chi connectivity index (χ0) is 12.7. The monoisotopic (exact) mass is 242 g/mol. The fourth-order valence-electron chi connectivity index (χ4n) is 1.92. The maximum absolute atomic E-state index is 11.3. The molecule has 6 heteroatoms. The molecule has 3 aromatic rings. The van der Waals surface area contributed by atoms with Crippen molar-refractivity contribution < 1.29 is 0 Å². The Labute approximate surface area is 101 Å². The van der Waals surface area contributed by atoms with Gasteiger partial charge in [0.1, 0.15) is 0 Å². The Bertz CT molecular complexity index is 841. The number of hydrogen-bond donors (Lipinski definition) is 3. The maximum Gasteiger partial charge on any atom is 0.345 e. The number of imidazole rings is 1. The Morgan fingerprint density at radius 1 is 1.00 bits per heavy atom. The summed E-state index contributed by atoms with van der Waals surface area (Å²) in [5.74, 6) is 0. The van der Waals surface area contributed by atoms with Gasteiger partial charge in [0.2, 0.25) is 0 Å². The molecule has 0 aliphatic rings. The van der Waals surface area contributed by atoms with Crippen LogP contribution in [0.3, 0.4) is 0 Å². The van der Waals surface area contributed by atoms with Gasteiger partial charge < -0.3 is 15.0 Å². The fourth-order valence-corrected chi connectivity index (χ4v) is 1.92. The van der Waals surface area contributed by atoms with Crippen LogP contribution in [-0.4, -0.2) is 19.9 Å². The predicted octanol–water partition coefficient (Wildman–Crippen LogP) is 0.915. The Morgan fingerprint density at radius 3 is 2.56 bits per heavy atom. The van der Waals surface area contributed by atoms with Gasteiger partial charge in [-0.2, -0.15) is 4.98 Å². The number of hydrogen-bond acceptors (Lipinski definition) is 3. The molecule has 0 radical (unpaired) electrons. The number of aryl methyl sites for hydroxylation is 1. The van der Waals surface area contributed by atoms with Gasteiger partial charge in [0, 0.05) is 11.3 Å². The predicted molar refractivity (Wildman–Crippen MR) is 67.5 cm³/mol. The van der Waals surface area contributed by atoms with E-state index in [-0.39, 0.29) is 11.4 Å². The van der Waals surface area contributed by atoms with Gasteiger partial charge in [0.25, 0.3) is 0 Å². The van der Waals surface area contributed by atoms with Gasteiger partial charge in [-0.3, -0.25) is 0 Å². The van der Waals surface area contributed by atoms with Gasteiger partial charge in [0.05, 0.1) is 16.7 Å².